The number of hydrogen-bond donors (Lipinski definition) is 2. The van der Waals surface area contributed by atoms with Crippen LogP contribution in [-0.2, 0) is 0 Å². The van der Waals surface area contributed by atoms with Crippen molar-refractivity contribution in [2.24, 2.45) is 0 Å². The second-order valence-electron chi connectivity index (χ2n) is 2.87. The summed E-state index contributed by atoms with van der Waals surface area (Å²) in [7, 11) is 0. The number of nitrogen functional groups attached to an aromatic ring is 1. The van der Waals surface area contributed by atoms with Gasteiger partial charge in [-0.05, 0) is 24.3 Å². The third kappa shape index (κ3) is 1.35. The number of aromatic nitrogens is 1. The summed E-state index contributed by atoms with van der Waals surface area (Å²) in [5.74, 6) is 0. The quantitative estimate of drug-likeness (QED) is 0.654. The largest absolute Gasteiger partial charge is 0.399 e. The molecule has 2 rings (SSSR count). The number of anilines is 1. The summed E-state index contributed by atoms with van der Waals surface area (Å²) >= 11 is 0. The summed E-state index contributed by atoms with van der Waals surface area (Å²) in [6, 6.07) is 6.44. The number of rotatable bonds is 1. The number of hydrogen-bond acceptors (Lipinski definition) is 1. The SMILES string of the molecule is Nc1ccc2[nH]c(C(F)F)cc2c1. The first-order chi connectivity index (χ1) is 6.16. The highest BCUT2D eigenvalue weighted by molar-refractivity contribution is 5.83. The molecule has 68 valence electrons. The lowest BCUT2D eigenvalue weighted by Crippen LogP contribution is -1.82. The molecule has 0 unspecified atom stereocenters. The van der Waals surface area contributed by atoms with Crippen molar-refractivity contribution in [2.45, 2.75) is 6.43 Å². The molecule has 1 heterocycles. The van der Waals surface area contributed by atoms with Crippen LogP contribution in [-0.4, -0.2) is 4.98 Å². The molecule has 2 aromatic rings. The summed E-state index contributed by atoms with van der Waals surface area (Å²) < 4.78 is 24.5. The number of halogens is 2. The van der Waals surface area contributed by atoms with Crippen LogP contribution in [0.15, 0.2) is 24.3 Å². The first-order valence-electron chi connectivity index (χ1n) is 3.83. The van der Waals surface area contributed by atoms with E-state index < -0.39 is 6.43 Å². The van der Waals surface area contributed by atoms with Crippen LogP contribution < -0.4 is 5.73 Å². The normalized spacial score (nSPS) is 11.3. The smallest absolute Gasteiger partial charge is 0.278 e. The molecule has 0 atom stereocenters. The number of nitrogens with one attached hydrogen (secondary N) is 1. The molecule has 0 saturated heterocycles. The van der Waals surface area contributed by atoms with Gasteiger partial charge in [0.05, 0.1) is 5.69 Å². The fraction of sp³-hybridized carbons (Fsp3) is 0.111. The Labute approximate surface area is 73.4 Å². The zero-order valence-electron chi connectivity index (χ0n) is 6.72. The summed E-state index contributed by atoms with van der Waals surface area (Å²) in [5, 5.41) is 0.718. The zero-order chi connectivity index (χ0) is 9.42. The monoisotopic (exact) mass is 182 g/mol. The predicted octanol–water partition coefficient (Wildman–Crippen LogP) is 2.69. The maximum absolute atomic E-state index is 12.2. The number of aromatic amines is 1. The van der Waals surface area contributed by atoms with Gasteiger partial charge < -0.3 is 10.7 Å². The van der Waals surface area contributed by atoms with E-state index in [2.05, 4.69) is 4.98 Å². The van der Waals surface area contributed by atoms with Crippen LogP contribution in [0.5, 0.6) is 0 Å². The minimum Gasteiger partial charge on any atom is -0.399 e. The molecule has 0 amide bonds. The molecular formula is C9H8F2N2. The maximum atomic E-state index is 12.2. The van der Waals surface area contributed by atoms with E-state index in [9.17, 15) is 8.78 Å². The summed E-state index contributed by atoms with van der Waals surface area (Å²) in [5.41, 5.74) is 6.70. The van der Waals surface area contributed by atoms with E-state index in [0.717, 1.165) is 5.39 Å². The van der Waals surface area contributed by atoms with Gasteiger partial charge in [-0.3, -0.25) is 0 Å². The van der Waals surface area contributed by atoms with Gasteiger partial charge in [0.25, 0.3) is 6.43 Å². The van der Waals surface area contributed by atoms with Crippen molar-refractivity contribution in [1.29, 1.82) is 0 Å². The van der Waals surface area contributed by atoms with Crippen molar-refractivity contribution < 1.29 is 8.78 Å². The van der Waals surface area contributed by atoms with Gasteiger partial charge in [0.15, 0.2) is 0 Å². The lowest BCUT2D eigenvalue weighted by molar-refractivity contribution is 0.147. The van der Waals surface area contributed by atoms with E-state index in [1.807, 2.05) is 0 Å². The second-order valence-corrected chi connectivity index (χ2v) is 2.87. The van der Waals surface area contributed by atoms with Crippen molar-refractivity contribution in [3.8, 4) is 0 Å². The molecule has 0 radical (unpaired) electrons. The van der Waals surface area contributed by atoms with Gasteiger partial charge in [-0.15, -0.1) is 0 Å². The predicted molar refractivity (Wildman–Crippen MR) is 47.7 cm³/mol. The van der Waals surface area contributed by atoms with Crippen LogP contribution in [0.3, 0.4) is 0 Å². The highest BCUT2D eigenvalue weighted by atomic mass is 19.3. The minimum absolute atomic E-state index is 0.0689. The van der Waals surface area contributed by atoms with Crippen LogP contribution in [0.2, 0.25) is 0 Å². The lowest BCUT2D eigenvalue weighted by atomic mass is 10.2. The molecule has 0 aliphatic heterocycles. The molecule has 4 heteroatoms. The van der Waals surface area contributed by atoms with Gasteiger partial charge in [-0.25, -0.2) is 8.78 Å². The van der Waals surface area contributed by atoms with Gasteiger partial charge in [-0.2, -0.15) is 0 Å². The van der Waals surface area contributed by atoms with E-state index in [4.69, 9.17) is 5.73 Å². The second kappa shape index (κ2) is 2.73. The zero-order valence-corrected chi connectivity index (χ0v) is 6.72. The van der Waals surface area contributed by atoms with Crippen LogP contribution in [0.1, 0.15) is 12.1 Å². The molecule has 0 spiro atoms. The summed E-state index contributed by atoms with van der Waals surface area (Å²) in [4.78, 5) is 2.62. The molecule has 13 heavy (non-hydrogen) atoms. The number of H-pyrrole nitrogens is 1. The van der Waals surface area contributed by atoms with Crippen molar-refractivity contribution in [1.82, 2.24) is 4.98 Å². The molecule has 3 N–H and O–H groups in total. The van der Waals surface area contributed by atoms with Crippen molar-refractivity contribution >= 4 is 16.6 Å². The standard InChI is InChI=1S/C9H8F2N2/c10-9(11)8-4-5-3-6(12)1-2-7(5)13-8/h1-4,9,13H,12H2. The van der Waals surface area contributed by atoms with Crippen LogP contribution in [0.25, 0.3) is 10.9 Å². The van der Waals surface area contributed by atoms with Crippen molar-refractivity contribution in [2.75, 3.05) is 5.73 Å². The average molecular weight is 182 g/mol. The molecule has 0 bridgehead atoms. The Balaban J connectivity index is 2.62. The number of nitrogens with two attached hydrogens (primary N) is 1. The lowest BCUT2D eigenvalue weighted by Gasteiger charge is -1.91. The number of alkyl halides is 2. The third-order valence-corrected chi connectivity index (χ3v) is 1.90. The van der Waals surface area contributed by atoms with E-state index >= 15 is 0 Å². The van der Waals surface area contributed by atoms with Gasteiger partial charge in [-0.1, -0.05) is 0 Å². The Hall–Kier alpha value is -1.58. The minimum atomic E-state index is -2.46. The van der Waals surface area contributed by atoms with E-state index in [1.165, 1.54) is 6.07 Å². The molecule has 1 aromatic heterocycles. The summed E-state index contributed by atoms with van der Waals surface area (Å²) in [6.45, 7) is 0. The third-order valence-electron chi connectivity index (χ3n) is 1.90. The van der Waals surface area contributed by atoms with Gasteiger partial charge in [0.2, 0.25) is 0 Å². The molecule has 0 saturated carbocycles. The van der Waals surface area contributed by atoms with Gasteiger partial charge in [0.1, 0.15) is 0 Å². The average Bonchev–Trinajstić information content (AvgIpc) is 2.46. The first-order valence-corrected chi connectivity index (χ1v) is 3.83. The molecular weight excluding hydrogens is 174 g/mol. The van der Waals surface area contributed by atoms with Crippen molar-refractivity contribution in [3.63, 3.8) is 0 Å². The fourth-order valence-electron chi connectivity index (χ4n) is 1.29. The van der Waals surface area contributed by atoms with Gasteiger partial charge >= 0.3 is 0 Å². The number of benzene rings is 1. The topological polar surface area (TPSA) is 41.8 Å². The fourth-order valence-corrected chi connectivity index (χ4v) is 1.29. The van der Waals surface area contributed by atoms with Crippen LogP contribution in [0.4, 0.5) is 14.5 Å². The molecule has 0 aliphatic carbocycles. The highest BCUT2D eigenvalue weighted by Crippen LogP contribution is 2.24. The van der Waals surface area contributed by atoms with Crippen molar-refractivity contribution in [3.05, 3.63) is 30.0 Å². The number of fused-ring (bicyclic) bond motifs is 1. The summed E-state index contributed by atoms with van der Waals surface area (Å²) in [6.07, 6.45) is -2.46. The Morgan fingerprint density at radius 1 is 1.23 bits per heavy atom. The maximum Gasteiger partial charge on any atom is 0.278 e. The Morgan fingerprint density at radius 2 is 2.00 bits per heavy atom. The Kier molecular flexibility index (Phi) is 1.69. The Morgan fingerprint density at radius 3 is 2.69 bits per heavy atom. The first kappa shape index (κ1) is 8.04. The molecule has 0 aliphatic rings. The van der Waals surface area contributed by atoms with E-state index in [0.29, 0.717) is 11.2 Å². The van der Waals surface area contributed by atoms with Gasteiger partial charge in [0, 0.05) is 16.6 Å². The molecule has 0 fully saturated rings. The van der Waals surface area contributed by atoms with Crippen LogP contribution >= 0.6 is 0 Å². The van der Waals surface area contributed by atoms with Crippen LogP contribution in [0, 0.1) is 0 Å². The Bertz CT molecular complexity index is 434. The van der Waals surface area contributed by atoms with E-state index in [-0.39, 0.29) is 5.69 Å². The molecule has 2 nitrogen and oxygen atoms in total. The van der Waals surface area contributed by atoms with E-state index in [1.54, 1.807) is 18.2 Å². The molecule has 1 aromatic carbocycles. The highest BCUT2D eigenvalue weighted by Gasteiger charge is 2.09.